The van der Waals surface area contributed by atoms with Gasteiger partial charge in [-0.1, -0.05) is 54.6 Å². The van der Waals surface area contributed by atoms with E-state index in [1.165, 1.54) is 21.8 Å². The number of hydrogen-bond acceptors (Lipinski definition) is 2. The van der Waals surface area contributed by atoms with Gasteiger partial charge in [0.25, 0.3) is 0 Å². The minimum Gasteiger partial charge on any atom is -0.355 e. The SMILES string of the molecule is c1ccc2c(c1)[nH]c1ccccc12.c1ccc2nnccc2c1. The van der Waals surface area contributed by atoms with Crippen molar-refractivity contribution in [2.75, 3.05) is 0 Å². The van der Waals surface area contributed by atoms with E-state index >= 15 is 0 Å². The van der Waals surface area contributed by atoms with Crippen LogP contribution in [0.5, 0.6) is 0 Å². The maximum absolute atomic E-state index is 3.93. The van der Waals surface area contributed by atoms with E-state index < -0.39 is 0 Å². The molecule has 2 heterocycles. The number of benzene rings is 3. The molecule has 0 aliphatic carbocycles. The van der Waals surface area contributed by atoms with Gasteiger partial charge in [-0.05, 0) is 24.3 Å². The normalized spacial score (nSPS) is 10.6. The molecule has 3 aromatic carbocycles. The van der Waals surface area contributed by atoms with Gasteiger partial charge in [-0.15, -0.1) is 0 Å². The Hall–Kier alpha value is -3.20. The van der Waals surface area contributed by atoms with Crippen LogP contribution in [0.2, 0.25) is 0 Å². The Bertz CT molecular complexity index is 964. The molecule has 0 saturated heterocycles. The number of aromatic amines is 1. The van der Waals surface area contributed by atoms with Crippen LogP contribution in [0, 0.1) is 0 Å². The molecular formula is C20H15N3. The summed E-state index contributed by atoms with van der Waals surface area (Å²) in [5.74, 6) is 0. The fraction of sp³-hybridized carbons (Fsp3) is 0. The minimum atomic E-state index is 0.949. The lowest BCUT2D eigenvalue weighted by atomic mass is 10.2. The first-order valence-electron chi connectivity index (χ1n) is 7.54. The quantitative estimate of drug-likeness (QED) is 0.439. The maximum atomic E-state index is 3.93. The number of hydrogen-bond donors (Lipinski definition) is 1. The summed E-state index contributed by atoms with van der Waals surface area (Å²) in [6.45, 7) is 0. The molecule has 0 amide bonds. The summed E-state index contributed by atoms with van der Waals surface area (Å²) in [5, 5.41) is 11.4. The van der Waals surface area contributed by atoms with Crippen molar-refractivity contribution in [3.8, 4) is 0 Å². The van der Waals surface area contributed by atoms with Crippen LogP contribution < -0.4 is 0 Å². The third-order valence-electron chi connectivity index (χ3n) is 3.84. The van der Waals surface area contributed by atoms with Crippen LogP contribution in [-0.2, 0) is 0 Å². The summed E-state index contributed by atoms with van der Waals surface area (Å²) in [7, 11) is 0. The van der Waals surface area contributed by atoms with E-state index in [9.17, 15) is 0 Å². The van der Waals surface area contributed by atoms with Crippen molar-refractivity contribution in [1.82, 2.24) is 15.2 Å². The first kappa shape index (κ1) is 13.5. The van der Waals surface area contributed by atoms with Gasteiger partial charge < -0.3 is 4.98 Å². The van der Waals surface area contributed by atoms with Gasteiger partial charge in [-0.25, -0.2) is 0 Å². The number of fused-ring (bicyclic) bond motifs is 4. The molecule has 3 nitrogen and oxygen atoms in total. The molecule has 0 fully saturated rings. The Labute approximate surface area is 133 Å². The van der Waals surface area contributed by atoms with E-state index in [2.05, 4.69) is 63.7 Å². The van der Waals surface area contributed by atoms with Crippen molar-refractivity contribution in [2.24, 2.45) is 0 Å². The topological polar surface area (TPSA) is 41.6 Å². The van der Waals surface area contributed by atoms with Crippen LogP contribution in [0.25, 0.3) is 32.7 Å². The third kappa shape index (κ3) is 2.64. The van der Waals surface area contributed by atoms with Gasteiger partial charge in [0, 0.05) is 27.2 Å². The van der Waals surface area contributed by atoms with Gasteiger partial charge in [-0.3, -0.25) is 0 Å². The van der Waals surface area contributed by atoms with E-state index in [0.717, 1.165) is 10.9 Å². The first-order chi connectivity index (χ1) is 11.4. The number of H-pyrrole nitrogens is 1. The molecule has 110 valence electrons. The number of nitrogens with zero attached hydrogens (tertiary/aromatic N) is 2. The predicted molar refractivity (Wildman–Crippen MR) is 95.3 cm³/mol. The lowest BCUT2D eigenvalue weighted by Crippen LogP contribution is -1.79. The molecule has 0 unspecified atom stereocenters. The zero-order valence-electron chi connectivity index (χ0n) is 12.5. The predicted octanol–water partition coefficient (Wildman–Crippen LogP) is 4.95. The molecule has 0 atom stereocenters. The number of para-hydroxylation sites is 2. The molecule has 5 aromatic rings. The van der Waals surface area contributed by atoms with Gasteiger partial charge in [-0.2, -0.15) is 10.2 Å². The molecule has 3 heteroatoms. The fourth-order valence-electron chi connectivity index (χ4n) is 2.73. The zero-order chi connectivity index (χ0) is 15.5. The second-order valence-electron chi connectivity index (χ2n) is 5.31. The van der Waals surface area contributed by atoms with Crippen LogP contribution in [0.3, 0.4) is 0 Å². The fourth-order valence-corrected chi connectivity index (χ4v) is 2.73. The summed E-state index contributed by atoms with van der Waals surface area (Å²) < 4.78 is 0. The highest BCUT2D eigenvalue weighted by atomic mass is 15.1. The highest BCUT2D eigenvalue weighted by molar-refractivity contribution is 6.06. The maximum Gasteiger partial charge on any atom is 0.0929 e. The minimum absolute atomic E-state index is 0.949. The average Bonchev–Trinajstić information content (AvgIpc) is 3.01. The summed E-state index contributed by atoms with van der Waals surface area (Å²) in [6, 6.07) is 26.6. The van der Waals surface area contributed by atoms with Gasteiger partial charge >= 0.3 is 0 Å². The van der Waals surface area contributed by atoms with E-state index in [1.807, 2.05) is 30.3 Å². The van der Waals surface area contributed by atoms with Crippen LogP contribution >= 0.6 is 0 Å². The number of rotatable bonds is 0. The van der Waals surface area contributed by atoms with Crippen LogP contribution in [0.15, 0.2) is 85.1 Å². The van der Waals surface area contributed by atoms with Crippen LogP contribution in [0.1, 0.15) is 0 Å². The molecule has 0 aliphatic heterocycles. The Morgan fingerprint density at radius 1 is 0.609 bits per heavy atom. The van der Waals surface area contributed by atoms with Gasteiger partial charge in [0.15, 0.2) is 0 Å². The first-order valence-corrected chi connectivity index (χ1v) is 7.54. The molecule has 2 aromatic heterocycles. The largest absolute Gasteiger partial charge is 0.355 e. The third-order valence-corrected chi connectivity index (χ3v) is 3.84. The standard InChI is InChI=1S/C12H9N.C8H6N2/c1-3-7-11-9(5-1)10-6-2-4-8-12(10)13-11;1-2-4-8-7(3-1)5-6-9-10-8/h1-8,13H;1-6H. The van der Waals surface area contributed by atoms with Crippen molar-refractivity contribution in [3.05, 3.63) is 85.1 Å². The molecule has 1 N–H and O–H groups in total. The second kappa shape index (κ2) is 5.89. The molecule has 0 aliphatic rings. The number of aromatic nitrogens is 3. The Balaban J connectivity index is 0.000000122. The Morgan fingerprint density at radius 3 is 1.91 bits per heavy atom. The molecule has 0 spiro atoms. The molecular weight excluding hydrogens is 282 g/mol. The summed E-state index contributed by atoms with van der Waals surface area (Å²) >= 11 is 0. The molecule has 0 bridgehead atoms. The van der Waals surface area contributed by atoms with E-state index in [4.69, 9.17) is 0 Å². The van der Waals surface area contributed by atoms with Crippen LogP contribution in [0.4, 0.5) is 0 Å². The zero-order valence-corrected chi connectivity index (χ0v) is 12.5. The van der Waals surface area contributed by atoms with Crippen molar-refractivity contribution in [3.63, 3.8) is 0 Å². The smallest absolute Gasteiger partial charge is 0.0929 e. The lowest BCUT2D eigenvalue weighted by molar-refractivity contribution is 1.08. The highest BCUT2D eigenvalue weighted by Crippen LogP contribution is 2.24. The Kier molecular flexibility index (Phi) is 3.45. The van der Waals surface area contributed by atoms with Crippen molar-refractivity contribution >= 4 is 32.7 Å². The van der Waals surface area contributed by atoms with E-state index in [-0.39, 0.29) is 0 Å². The lowest BCUT2D eigenvalue weighted by Gasteiger charge is -1.90. The summed E-state index contributed by atoms with van der Waals surface area (Å²) in [5.41, 5.74) is 3.37. The molecule has 0 saturated carbocycles. The van der Waals surface area contributed by atoms with Crippen molar-refractivity contribution in [2.45, 2.75) is 0 Å². The van der Waals surface area contributed by atoms with Gasteiger partial charge in [0.05, 0.1) is 11.7 Å². The monoisotopic (exact) mass is 297 g/mol. The van der Waals surface area contributed by atoms with E-state index in [0.29, 0.717) is 0 Å². The molecule has 23 heavy (non-hydrogen) atoms. The molecule has 0 radical (unpaired) electrons. The number of nitrogens with one attached hydrogen (secondary N) is 1. The Morgan fingerprint density at radius 2 is 1.22 bits per heavy atom. The van der Waals surface area contributed by atoms with Crippen molar-refractivity contribution < 1.29 is 0 Å². The summed E-state index contributed by atoms with van der Waals surface area (Å²) in [6.07, 6.45) is 1.70. The molecule has 5 rings (SSSR count). The van der Waals surface area contributed by atoms with Crippen molar-refractivity contribution in [1.29, 1.82) is 0 Å². The van der Waals surface area contributed by atoms with E-state index in [1.54, 1.807) is 6.20 Å². The van der Waals surface area contributed by atoms with Gasteiger partial charge in [0.2, 0.25) is 0 Å². The summed E-state index contributed by atoms with van der Waals surface area (Å²) in [4.78, 5) is 3.38. The van der Waals surface area contributed by atoms with Crippen LogP contribution in [-0.4, -0.2) is 15.2 Å². The second-order valence-corrected chi connectivity index (χ2v) is 5.31. The highest BCUT2D eigenvalue weighted by Gasteiger charge is 2.00. The van der Waals surface area contributed by atoms with Gasteiger partial charge in [0.1, 0.15) is 0 Å². The average molecular weight is 297 g/mol.